The summed E-state index contributed by atoms with van der Waals surface area (Å²) < 4.78 is 0. The number of phenols is 1. The predicted molar refractivity (Wildman–Crippen MR) is 64.9 cm³/mol. The molecule has 0 bridgehead atoms. The molecule has 1 aromatic rings. The maximum atomic E-state index is 9.62. The Balaban J connectivity index is 2.08. The number of anilines is 1. The van der Waals surface area contributed by atoms with Gasteiger partial charge in [0, 0.05) is 17.1 Å². The Morgan fingerprint density at radius 1 is 1.44 bits per heavy atom. The van der Waals surface area contributed by atoms with Crippen LogP contribution in [0.1, 0.15) is 20.3 Å². The minimum absolute atomic E-state index is 0.0834. The third-order valence-corrected chi connectivity index (χ3v) is 3.81. The van der Waals surface area contributed by atoms with Gasteiger partial charge in [-0.15, -0.1) is 0 Å². The highest BCUT2D eigenvalue weighted by Crippen LogP contribution is 2.42. The molecule has 3 N–H and O–H groups in total. The number of aromatic hydroxyl groups is 1. The monoisotopic (exact) mass is 241 g/mol. The zero-order valence-corrected chi connectivity index (χ0v) is 10.1. The molecule has 0 aliphatic heterocycles. The number of aliphatic hydroxyl groups is 1. The van der Waals surface area contributed by atoms with E-state index in [2.05, 4.69) is 5.32 Å². The molecule has 0 amide bonds. The first kappa shape index (κ1) is 11.6. The predicted octanol–water partition coefficient (Wildman–Crippen LogP) is 2.62. The van der Waals surface area contributed by atoms with Gasteiger partial charge in [-0.05, 0) is 24.6 Å². The number of benzene rings is 1. The fourth-order valence-corrected chi connectivity index (χ4v) is 2.13. The molecule has 2 rings (SSSR count). The van der Waals surface area contributed by atoms with Crippen molar-refractivity contribution in [1.29, 1.82) is 0 Å². The van der Waals surface area contributed by atoms with Crippen LogP contribution in [0.15, 0.2) is 18.2 Å². The van der Waals surface area contributed by atoms with E-state index < -0.39 is 0 Å². The van der Waals surface area contributed by atoms with Crippen molar-refractivity contribution >= 4 is 17.3 Å². The molecule has 0 aromatic heterocycles. The van der Waals surface area contributed by atoms with Crippen molar-refractivity contribution in [3.05, 3.63) is 23.2 Å². The topological polar surface area (TPSA) is 52.5 Å². The largest absolute Gasteiger partial charge is 0.506 e. The average molecular weight is 242 g/mol. The third-order valence-electron chi connectivity index (χ3n) is 3.50. The lowest BCUT2D eigenvalue weighted by Crippen LogP contribution is -2.56. The van der Waals surface area contributed by atoms with Gasteiger partial charge in [-0.25, -0.2) is 0 Å². The number of rotatable bonds is 2. The number of hydrogen-bond acceptors (Lipinski definition) is 3. The van der Waals surface area contributed by atoms with Crippen LogP contribution in [0.25, 0.3) is 0 Å². The van der Waals surface area contributed by atoms with E-state index in [1.54, 1.807) is 18.2 Å². The molecule has 2 unspecified atom stereocenters. The summed E-state index contributed by atoms with van der Waals surface area (Å²) >= 11 is 5.82. The summed E-state index contributed by atoms with van der Waals surface area (Å²) in [4.78, 5) is 0. The Labute approximate surface area is 100 Å². The van der Waals surface area contributed by atoms with Gasteiger partial charge in [0.1, 0.15) is 5.75 Å². The van der Waals surface area contributed by atoms with Gasteiger partial charge in [0.05, 0.1) is 11.1 Å². The first-order chi connectivity index (χ1) is 7.41. The van der Waals surface area contributed by atoms with Crippen LogP contribution in [-0.2, 0) is 0 Å². The normalized spacial score (nSPS) is 27.2. The summed E-state index contributed by atoms with van der Waals surface area (Å²) in [7, 11) is 0. The standard InChI is InChI=1S/C12H16ClNO2/c1-12(2)10(6-11(12)16)14-7-3-4-9(15)8(13)5-7/h3-5,10-11,14-16H,6H2,1-2H3. The Bertz CT molecular complexity index is 406. The minimum atomic E-state index is -0.252. The molecule has 0 heterocycles. The fraction of sp³-hybridized carbons (Fsp3) is 0.500. The molecule has 1 saturated carbocycles. The van der Waals surface area contributed by atoms with Crippen LogP contribution in [-0.4, -0.2) is 22.4 Å². The number of halogens is 1. The summed E-state index contributed by atoms with van der Waals surface area (Å²) in [5.41, 5.74) is 0.748. The maximum absolute atomic E-state index is 9.62. The molecule has 88 valence electrons. The van der Waals surface area contributed by atoms with Crippen molar-refractivity contribution in [2.24, 2.45) is 5.41 Å². The molecule has 1 aliphatic carbocycles. The van der Waals surface area contributed by atoms with Crippen molar-refractivity contribution < 1.29 is 10.2 Å². The molecule has 1 aliphatic rings. The molecule has 3 nitrogen and oxygen atoms in total. The first-order valence-electron chi connectivity index (χ1n) is 5.34. The van der Waals surface area contributed by atoms with Crippen LogP contribution < -0.4 is 5.32 Å². The van der Waals surface area contributed by atoms with Crippen LogP contribution in [0.3, 0.4) is 0 Å². The van der Waals surface area contributed by atoms with E-state index in [1.807, 2.05) is 13.8 Å². The van der Waals surface area contributed by atoms with Crippen LogP contribution in [0.4, 0.5) is 5.69 Å². The van der Waals surface area contributed by atoms with Crippen molar-refractivity contribution in [1.82, 2.24) is 0 Å². The van der Waals surface area contributed by atoms with Gasteiger partial charge in [-0.1, -0.05) is 25.4 Å². The molecule has 4 heteroatoms. The zero-order chi connectivity index (χ0) is 11.9. The van der Waals surface area contributed by atoms with Gasteiger partial charge in [-0.3, -0.25) is 0 Å². The zero-order valence-electron chi connectivity index (χ0n) is 9.37. The summed E-state index contributed by atoms with van der Waals surface area (Å²) in [5.74, 6) is 0.0834. The van der Waals surface area contributed by atoms with Gasteiger partial charge >= 0.3 is 0 Å². The fourth-order valence-electron chi connectivity index (χ4n) is 1.95. The van der Waals surface area contributed by atoms with Crippen molar-refractivity contribution in [2.45, 2.75) is 32.4 Å². The summed E-state index contributed by atoms with van der Waals surface area (Å²) in [6.45, 7) is 4.06. The van der Waals surface area contributed by atoms with Crippen molar-refractivity contribution in [2.75, 3.05) is 5.32 Å². The molecule has 0 saturated heterocycles. The van der Waals surface area contributed by atoms with Crippen molar-refractivity contribution in [3.63, 3.8) is 0 Å². The lowest BCUT2D eigenvalue weighted by Gasteiger charge is -2.49. The number of hydrogen-bond donors (Lipinski definition) is 3. The van der Waals surface area contributed by atoms with E-state index in [4.69, 9.17) is 11.6 Å². The summed E-state index contributed by atoms with van der Waals surface area (Å²) in [6, 6.07) is 5.27. The quantitative estimate of drug-likeness (QED) is 0.698. The second-order valence-corrected chi connectivity index (χ2v) is 5.34. The van der Waals surface area contributed by atoms with Gasteiger partial charge in [0.15, 0.2) is 0 Å². The number of aliphatic hydroxyl groups excluding tert-OH is 1. The van der Waals surface area contributed by atoms with E-state index in [1.165, 1.54) is 0 Å². The molecule has 16 heavy (non-hydrogen) atoms. The van der Waals surface area contributed by atoms with E-state index >= 15 is 0 Å². The second-order valence-electron chi connectivity index (χ2n) is 4.94. The minimum Gasteiger partial charge on any atom is -0.506 e. The highest BCUT2D eigenvalue weighted by atomic mass is 35.5. The van der Waals surface area contributed by atoms with Crippen molar-refractivity contribution in [3.8, 4) is 5.75 Å². The van der Waals surface area contributed by atoms with Crippen LogP contribution in [0, 0.1) is 5.41 Å². The van der Waals surface area contributed by atoms with E-state index in [-0.39, 0.29) is 23.3 Å². The average Bonchev–Trinajstić information content (AvgIpc) is 2.23. The van der Waals surface area contributed by atoms with Crippen LogP contribution in [0.5, 0.6) is 5.75 Å². The smallest absolute Gasteiger partial charge is 0.134 e. The Kier molecular flexibility index (Phi) is 2.76. The molecule has 0 spiro atoms. The molecular weight excluding hydrogens is 226 g/mol. The lowest BCUT2D eigenvalue weighted by atomic mass is 9.64. The molecular formula is C12H16ClNO2. The molecule has 1 fully saturated rings. The molecule has 0 radical (unpaired) electrons. The number of phenolic OH excluding ortho intramolecular Hbond substituents is 1. The highest BCUT2D eigenvalue weighted by Gasteiger charge is 2.47. The molecule has 1 aromatic carbocycles. The second kappa shape index (κ2) is 3.82. The Morgan fingerprint density at radius 2 is 2.12 bits per heavy atom. The van der Waals surface area contributed by atoms with E-state index in [9.17, 15) is 10.2 Å². The van der Waals surface area contributed by atoms with Gasteiger partial charge in [0.25, 0.3) is 0 Å². The SMILES string of the molecule is CC1(C)C(O)CC1Nc1ccc(O)c(Cl)c1. The van der Waals surface area contributed by atoms with Gasteiger partial charge in [-0.2, -0.15) is 0 Å². The number of nitrogens with one attached hydrogen (secondary N) is 1. The van der Waals surface area contributed by atoms with Crippen LogP contribution >= 0.6 is 11.6 Å². The highest BCUT2D eigenvalue weighted by molar-refractivity contribution is 6.32. The lowest BCUT2D eigenvalue weighted by molar-refractivity contribution is -0.0510. The summed E-state index contributed by atoms with van der Waals surface area (Å²) in [6.07, 6.45) is 0.489. The van der Waals surface area contributed by atoms with Gasteiger partial charge < -0.3 is 15.5 Å². The van der Waals surface area contributed by atoms with E-state index in [0.29, 0.717) is 5.02 Å². The maximum Gasteiger partial charge on any atom is 0.134 e. The van der Waals surface area contributed by atoms with Crippen LogP contribution in [0.2, 0.25) is 5.02 Å². The van der Waals surface area contributed by atoms with E-state index in [0.717, 1.165) is 12.1 Å². The first-order valence-corrected chi connectivity index (χ1v) is 5.72. The third kappa shape index (κ3) is 1.85. The molecule has 2 atom stereocenters. The Hall–Kier alpha value is -0.930. The van der Waals surface area contributed by atoms with Gasteiger partial charge in [0.2, 0.25) is 0 Å². The summed E-state index contributed by atoms with van der Waals surface area (Å²) in [5, 5.41) is 22.6. The Morgan fingerprint density at radius 3 is 2.62 bits per heavy atom.